The number of primary sulfonamides is 1. The molecule has 0 aliphatic rings. The summed E-state index contributed by atoms with van der Waals surface area (Å²) in [5.74, 6) is 0.457. The van der Waals surface area contributed by atoms with Gasteiger partial charge in [0.1, 0.15) is 5.75 Å². The van der Waals surface area contributed by atoms with Gasteiger partial charge >= 0.3 is 0 Å². The zero-order chi connectivity index (χ0) is 21.0. The van der Waals surface area contributed by atoms with Crippen molar-refractivity contribution in [1.29, 1.82) is 0 Å². The van der Waals surface area contributed by atoms with Crippen molar-refractivity contribution < 1.29 is 17.9 Å². The van der Waals surface area contributed by atoms with E-state index in [9.17, 15) is 13.2 Å². The van der Waals surface area contributed by atoms with Crippen LogP contribution in [0.2, 0.25) is 0 Å². The first kappa shape index (κ1) is 20.8. The molecule has 0 saturated heterocycles. The van der Waals surface area contributed by atoms with Crippen molar-refractivity contribution in [1.82, 2.24) is 5.32 Å². The van der Waals surface area contributed by atoms with Gasteiger partial charge in [0.25, 0.3) is 0 Å². The van der Waals surface area contributed by atoms with Crippen molar-refractivity contribution in [3.8, 4) is 5.75 Å². The Balaban J connectivity index is 1.59. The molecule has 3 aromatic carbocycles. The molecule has 0 aliphatic carbocycles. The zero-order valence-electron chi connectivity index (χ0n) is 16.4. The van der Waals surface area contributed by atoms with Gasteiger partial charge < -0.3 is 10.1 Å². The molecule has 0 fully saturated rings. The average Bonchev–Trinajstić information content (AvgIpc) is 2.72. The Morgan fingerprint density at radius 1 is 1.03 bits per heavy atom. The second-order valence-corrected chi connectivity index (χ2v) is 8.49. The molecule has 29 heavy (non-hydrogen) atoms. The number of ether oxygens (including phenoxy) is 1. The standard InChI is InChI=1S/C22H24N2O4S/c1-15(17-5-6-19-14-20(28-2)8-7-18(19)13-17)22(25)24-12-11-16-3-9-21(10-4-16)29(23,26)27/h3-10,13-15H,11-12H2,1-2H3,(H,24,25)(H2,23,26,27)/t15-/m0/s1. The number of amides is 1. The van der Waals surface area contributed by atoms with Crippen molar-refractivity contribution in [3.05, 3.63) is 71.8 Å². The third-order valence-electron chi connectivity index (χ3n) is 4.93. The normalized spacial score (nSPS) is 12.5. The number of methoxy groups -OCH3 is 1. The summed E-state index contributed by atoms with van der Waals surface area (Å²) in [5, 5.41) is 10.1. The van der Waals surface area contributed by atoms with Crippen LogP contribution in [0, 0.1) is 0 Å². The minimum Gasteiger partial charge on any atom is -0.497 e. The molecule has 3 N–H and O–H groups in total. The van der Waals surface area contributed by atoms with Crippen LogP contribution in [-0.2, 0) is 21.2 Å². The van der Waals surface area contributed by atoms with Crippen LogP contribution < -0.4 is 15.2 Å². The highest BCUT2D eigenvalue weighted by Gasteiger charge is 2.15. The number of sulfonamides is 1. The number of hydrogen-bond acceptors (Lipinski definition) is 4. The van der Waals surface area contributed by atoms with Crippen LogP contribution in [0.3, 0.4) is 0 Å². The molecule has 3 aromatic rings. The summed E-state index contributed by atoms with van der Waals surface area (Å²) in [6, 6.07) is 18.2. The minimum atomic E-state index is -3.69. The van der Waals surface area contributed by atoms with E-state index in [1.807, 2.05) is 43.3 Å². The van der Waals surface area contributed by atoms with Gasteiger partial charge in [-0.1, -0.05) is 36.4 Å². The zero-order valence-corrected chi connectivity index (χ0v) is 17.2. The summed E-state index contributed by atoms with van der Waals surface area (Å²) in [4.78, 5) is 12.6. The van der Waals surface area contributed by atoms with Crippen molar-refractivity contribution >= 4 is 26.7 Å². The van der Waals surface area contributed by atoms with E-state index in [4.69, 9.17) is 9.88 Å². The van der Waals surface area contributed by atoms with Gasteiger partial charge in [-0.05, 0) is 59.5 Å². The van der Waals surface area contributed by atoms with Crippen LogP contribution in [0.1, 0.15) is 24.0 Å². The fourth-order valence-corrected chi connectivity index (χ4v) is 3.63. The maximum atomic E-state index is 12.5. The summed E-state index contributed by atoms with van der Waals surface area (Å²) >= 11 is 0. The molecular weight excluding hydrogens is 388 g/mol. The Bertz CT molecular complexity index is 1130. The van der Waals surface area contributed by atoms with Crippen LogP contribution in [0.5, 0.6) is 5.75 Å². The minimum absolute atomic E-state index is 0.0565. The number of benzene rings is 3. The number of hydrogen-bond donors (Lipinski definition) is 2. The lowest BCUT2D eigenvalue weighted by atomic mass is 9.97. The van der Waals surface area contributed by atoms with E-state index < -0.39 is 10.0 Å². The molecule has 3 rings (SSSR count). The van der Waals surface area contributed by atoms with Gasteiger partial charge in [-0.25, -0.2) is 13.6 Å². The van der Waals surface area contributed by atoms with Crippen molar-refractivity contribution in [3.63, 3.8) is 0 Å². The average molecular weight is 413 g/mol. The van der Waals surface area contributed by atoms with Crippen molar-refractivity contribution in [2.45, 2.75) is 24.2 Å². The second kappa shape index (κ2) is 8.63. The summed E-state index contributed by atoms with van der Waals surface area (Å²) in [6.07, 6.45) is 0.598. The summed E-state index contributed by atoms with van der Waals surface area (Å²) in [6.45, 7) is 2.34. The maximum Gasteiger partial charge on any atom is 0.238 e. The molecule has 0 aromatic heterocycles. The van der Waals surface area contributed by atoms with Crippen LogP contribution in [-0.4, -0.2) is 28.0 Å². The monoisotopic (exact) mass is 412 g/mol. The molecule has 6 nitrogen and oxygen atoms in total. The third kappa shape index (κ3) is 5.13. The SMILES string of the molecule is COc1ccc2cc([C@H](C)C(=O)NCCc3ccc(S(N)(=O)=O)cc3)ccc2c1. The predicted octanol–water partition coefficient (Wildman–Crippen LogP) is 2.96. The van der Waals surface area contributed by atoms with Crippen LogP contribution in [0.4, 0.5) is 0 Å². The lowest BCUT2D eigenvalue weighted by molar-refractivity contribution is -0.122. The Hall–Kier alpha value is -2.90. The molecule has 0 unspecified atom stereocenters. The molecule has 0 saturated carbocycles. The number of carbonyl (C=O) groups is 1. The van der Waals surface area contributed by atoms with Gasteiger partial charge in [0.2, 0.25) is 15.9 Å². The number of nitrogens with one attached hydrogen (secondary N) is 1. The van der Waals surface area contributed by atoms with Gasteiger partial charge in [-0.15, -0.1) is 0 Å². The molecule has 1 atom stereocenters. The first-order valence-electron chi connectivity index (χ1n) is 9.25. The fourth-order valence-electron chi connectivity index (χ4n) is 3.12. The summed E-state index contributed by atoms with van der Waals surface area (Å²) in [5.41, 5.74) is 1.86. The van der Waals surface area contributed by atoms with E-state index in [1.165, 1.54) is 12.1 Å². The Morgan fingerprint density at radius 2 is 1.69 bits per heavy atom. The number of nitrogens with two attached hydrogens (primary N) is 1. The highest BCUT2D eigenvalue weighted by Crippen LogP contribution is 2.25. The summed E-state index contributed by atoms with van der Waals surface area (Å²) in [7, 11) is -2.06. The van der Waals surface area contributed by atoms with Crippen molar-refractivity contribution in [2.75, 3.05) is 13.7 Å². The van der Waals surface area contributed by atoms with E-state index >= 15 is 0 Å². The van der Waals surface area contributed by atoms with Crippen LogP contribution in [0.15, 0.2) is 65.6 Å². The number of carbonyl (C=O) groups excluding carboxylic acids is 1. The molecule has 0 spiro atoms. The Kier molecular flexibility index (Phi) is 6.20. The lowest BCUT2D eigenvalue weighted by Gasteiger charge is -2.14. The Morgan fingerprint density at radius 3 is 2.34 bits per heavy atom. The van der Waals surface area contributed by atoms with Crippen molar-refractivity contribution in [2.24, 2.45) is 5.14 Å². The Labute approximate surface area is 170 Å². The van der Waals surface area contributed by atoms with Crippen LogP contribution in [0.25, 0.3) is 10.8 Å². The highest BCUT2D eigenvalue weighted by atomic mass is 32.2. The van der Waals surface area contributed by atoms with Gasteiger partial charge in [-0.2, -0.15) is 0 Å². The quantitative estimate of drug-likeness (QED) is 0.623. The maximum absolute atomic E-state index is 12.5. The number of fused-ring (bicyclic) bond motifs is 1. The fraction of sp³-hybridized carbons (Fsp3) is 0.227. The third-order valence-corrected chi connectivity index (χ3v) is 5.86. The molecule has 1 amide bonds. The summed E-state index contributed by atoms with van der Waals surface area (Å²) < 4.78 is 27.8. The molecule has 0 heterocycles. The molecular formula is C22H24N2O4S. The van der Waals surface area contributed by atoms with E-state index in [0.717, 1.165) is 27.6 Å². The van der Waals surface area contributed by atoms with Crippen LogP contribution >= 0.6 is 0 Å². The first-order valence-corrected chi connectivity index (χ1v) is 10.8. The molecule has 7 heteroatoms. The topological polar surface area (TPSA) is 98.5 Å². The molecule has 152 valence electrons. The largest absolute Gasteiger partial charge is 0.497 e. The smallest absolute Gasteiger partial charge is 0.238 e. The first-order chi connectivity index (χ1) is 13.8. The van der Waals surface area contributed by atoms with E-state index in [1.54, 1.807) is 19.2 Å². The molecule has 0 aliphatic heterocycles. The van der Waals surface area contributed by atoms with Gasteiger partial charge in [0.15, 0.2) is 0 Å². The predicted molar refractivity (Wildman–Crippen MR) is 113 cm³/mol. The molecule has 0 radical (unpaired) electrons. The van der Waals surface area contributed by atoms with Gasteiger partial charge in [0, 0.05) is 6.54 Å². The number of rotatable bonds is 7. The lowest BCUT2D eigenvalue weighted by Crippen LogP contribution is -2.29. The van der Waals surface area contributed by atoms with Gasteiger partial charge in [0.05, 0.1) is 17.9 Å². The van der Waals surface area contributed by atoms with Gasteiger partial charge in [-0.3, -0.25) is 4.79 Å². The highest BCUT2D eigenvalue weighted by molar-refractivity contribution is 7.89. The van der Waals surface area contributed by atoms with E-state index in [2.05, 4.69) is 5.32 Å². The van der Waals surface area contributed by atoms with E-state index in [0.29, 0.717) is 13.0 Å². The van der Waals surface area contributed by atoms with E-state index in [-0.39, 0.29) is 16.7 Å². The second-order valence-electron chi connectivity index (χ2n) is 6.92. The molecule has 0 bridgehead atoms.